The van der Waals surface area contributed by atoms with Crippen molar-refractivity contribution in [1.82, 2.24) is 10.2 Å². The lowest BCUT2D eigenvalue weighted by Gasteiger charge is -2.39. The van der Waals surface area contributed by atoms with Crippen molar-refractivity contribution in [2.75, 3.05) is 20.1 Å². The Kier molecular flexibility index (Phi) is 2.89. The lowest BCUT2D eigenvalue weighted by atomic mass is 10.1. The summed E-state index contributed by atoms with van der Waals surface area (Å²) in [5.74, 6) is 1.08. The zero-order chi connectivity index (χ0) is 9.97. The van der Waals surface area contributed by atoms with Crippen LogP contribution in [-0.2, 0) is 6.42 Å². The van der Waals surface area contributed by atoms with Gasteiger partial charge in [0.15, 0.2) is 0 Å². The number of hydrogen-bond donors (Lipinski definition) is 1. The van der Waals surface area contributed by atoms with Crippen LogP contribution in [0.4, 0.5) is 0 Å². The predicted octanol–water partition coefficient (Wildman–Crippen LogP) is 1.11. The van der Waals surface area contributed by atoms with E-state index in [1.807, 2.05) is 12.1 Å². The standard InChI is InChI=1S/C11H18N2O/c1-9(6-11-4-3-5-14-11)13(2)10-7-12-8-10/h3-5,9-10,12H,6-8H2,1-2H3. The van der Waals surface area contributed by atoms with Crippen LogP contribution in [0.1, 0.15) is 12.7 Å². The Morgan fingerprint density at radius 1 is 1.64 bits per heavy atom. The Balaban J connectivity index is 1.85. The molecule has 2 heterocycles. The molecule has 14 heavy (non-hydrogen) atoms. The molecule has 1 aliphatic heterocycles. The molecule has 1 aliphatic rings. The summed E-state index contributed by atoms with van der Waals surface area (Å²) in [6.07, 6.45) is 2.74. The van der Waals surface area contributed by atoms with E-state index in [9.17, 15) is 0 Å². The van der Waals surface area contributed by atoms with Gasteiger partial charge in [-0.1, -0.05) is 0 Å². The molecule has 0 saturated carbocycles. The van der Waals surface area contributed by atoms with Crippen molar-refractivity contribution in [3.8, 4) is 0 Å². The largest absolute Gasteiger partial charge is 0.469 e. The van der Waals surface area contributed by atoms with Crippen molar-refractivity contribution < 1.29 is 4.42 Å². The summed E-state index contributed by atoms with van der Waals surface area (Å²) in [4.78, 5) is 2.43. The summed E-state index contributed by atoms with van der Waals surface area (Å²) < 4.78 is 5.34. The highest BCUT2D eigenvalue weighted by atomic mass is 16.3. The van der Waals surface area contributed by atoms with Gasteiger partial charge in [-0.25, -0.2) is 0 Å². The Bertz CT molecular complexity index is 267. The van der Waals surface area contributed by atoms with E-state index < -0.39 is 0 Å². The monoisotopic (exact) mass is 194 g/mol. The molecular formula is C11H18N2O. The van der Waals surface area contributed by atoms with E-state index in [2.05, 4.69) is 24.2 Å². The van der Waals surface area contributed by atoms with Crippen LogP contribution in [0.5, 0.6) is 0 Å². The minimum Gasteiger partial charge on any atom is -0.469 e. The zero-order valence-electron chi connectivity index (χ0n) is 8.86. The summed E-state index contributed by atoms with van der Waals surface area (Å²) in [7, 11) is 2.19. The SMILES string of the molecule is CC(Cc1ccco1)N(C)C1CNC1. The highest BCUT2D eigenvalue weighted by molar-refractivity contribution is 5.00. The molecule has 3 nitrogen and oxygen atoms in total. The highest BCUT2D eigenvalue weighted by Crippen LogP contribution is 2.12. The fourth-order valence-corrected chi connectivity index (χ4v) is 1.79. The summed E-state index contributed by atoms with van der Waals surface area (Å²) in [5.41, 5.74) is 0. The van der Waals surface area contributed by atoms with Gasteiger partial charge in [0, 0.05) is 31.6 Å². The second-order valence-electron chi connectivity index (χ2n) is 4.11. The highest BCUT2D eigenvalue weighted by Gasteiger charge is 2.25. The number of rotatable bonds is 4. The first-order chi connectivity index (χ1) is 6.77. The molecule has 0 amide bonds. The Hall–Kier alpha value is -0.800. The number of furan rings is 1. The molecule has 1 saturated heterocycles. The fraction of sp³-hybridized carbons (Fsp3) is 0.636. The maximum Gasteiger partial charge on any atom is 0.105 e. The van der Waals surface area contributed by atoms with Gasteiger partial charge in [0.1, 0.15) is 5.76 Å². The van der Waals surface area contributed by atoms with E-state index in [-0.39, 0.29) is 0 Å². The molecule has 1 aromatic heterocycles. The maximum absolute atomic E-state index is 5.34. The van der Waals surface area contributed by atoms with Crippen LogP contribution < -0.4 is 5.32 Å². The normalized spacial score (nSPS) is 19.6. The lowest BCUT2D eigenvalue weighted by Crippen LogP contribution is -2.58. The van der Waals surface area contributed by atoms with Gasteiger partial charge >= 0.3 is 0 Å². The van der Waals surface area contributed by atoms with Crippen molar-refractivity contribution in [3.63, 3.8) is 0 Å². The molecular weight excluding hydrogens is 176 g/mol. The molecule has 0 aliphatic carbocycles. The minimum atomic E-state index is 0.549. The molecule has 1 aromatic rings. The van der Waals surface area contributed by atoms with E-state index in [1.54, 1.807) is 6.26 Å². The summed E-state index contributed by atoms with van der Waals surface area (Å²) in [6, 6.07) is 5.25. The van der Waals surface area contributed by atoms with Crippen LogP contribution >= 0.6 is 0 Å². The molecule has 78 valence electrons. The molecule has 1 atom stereocenters. The number of likely N-dealkylation sites (N-methyl/N-ethyl adjacent to an activating group) is 1. The van der Waals surface area contributed by atoms with Gasteiger partial charge in [-0.2, -0.15) is 0 Å². The third kappa shape index (κ3) is 1.99. The molecule has 0 radical (unpaired) electrons. The van der Waals surface area contributed by atoms with Crippen molar-refractivity contribution in [2.24, 2.45) is 0 Å². The second-order valence-corrected chi connectivity index (χ2v) is 4.11. The predicted molar refractivity (Wildman–Crippen MR) is 56.3 cm³/mol. The molecule has 0 aromatic carbocycles. The van der Waals surface area contributed by atoms with E-state index in [4.69, 9.17) is 4.42 Å². The molecule has 3 heteroatoms. The molecule has 0 spiro atoms. The Labute approximate surface area is 85.1 Å². The van der Waals surface area contributed by atoms with E-state index in [1.165, 1.54) is 0 Å². The molecule has 1 N–H and O–H groups in total. The molecule has 0 bridgehead atoms. The zero-order valence-corrected chi connectivity index (χ0v) is 8.86. The number of nitrogens with zero attached hydrogens (tertiary/aromatic N) is 1. The van der Waals surface area contributed by atoms with E-state index in [0.717, 1.165) is 25.3 Å². The Morgan fingerprint density at radius 2 is 2.43 bits per heavy atom. The van der Waals surface area contributed by atoms with Gasteiger partial charge in [0.25, 0.3) is 0 Å². The van der Waals surface area contributed by atoms with Crippen molar-refractivity contribution in [1.29, 1.82) is 0 Å². The van der Waals surface area contributed by atoms with E-state index >= 15 is 0 Å². The molecule has 1 unspecified atom stereocenters. The van der Waals surface area contributed by atoms with Crippen LogP contribution in [0.2, 0.25) is 0 Å². The summed E-state index contributed by atoms with van der Waals surface area (Å²) >= 11 is 0. The van der Waals surface area contributed by atoms with Gasteiger partial charge < -0.3 is 9.73 Å². The minimum absolute atomic E-state index is 0.549. The average molecular weight is 194 g/mol. The fourth-order valence-electron chi connectivity index (χ4n) is 1.79. The third-order valence-electron chi connectivity index (χ3n) is 3.11. The third-order valence-corrected chi connectivity index (χ3v) is 3.11. The summed E-state index contributed by atoms with van der Waals surface area (Å²) in [5, 5.41) is 3.29. The van der Waals surface area contributed by atoms with Crippen LogP contribution in [0.15, 0.2) is 22.8 Å². The van der Waals surface area contributed by atoms with E-state index in [0.29, 0.717) is 12.1 Å². The van der Waals surface area contributed by atoms with Crippen LogP contribution in [-0.4, -0.2) is 37.1 Å². The van der Waals surface area contributed by atoms with Crippen molar-refractivity contribution in [3.05, 3.63) is 24.2 Å². The topological polar surface area (TPSA) is 28.4 Å². The number of nitrogens with one attached hydrogen (secondary N) is 1. The van der Waals surface area contributed by atoms with Crippen LogP contribution in [0.25, 0.3) is 0 Å². The first kappa shape index (κ1) is 9.74. The first-order valence-corrected chi connectivity index (χ1v) is 5.22. The summed E-state index contributed by atoms with van der Waals surface area (Å²) in [6.45, 7) is 4.50. The molecule has 2 rings (SSSR count). The average Bonchev–Trinajstić information content (AvgIpc) is 2.53. The van der Waals surface area contributed by atoms with Crippen LogP contribution in [0.3, 0.4) is 0 Å². The molecule has 1 fully saturated rings. The van der Waals surface area contributed by atoms with Crippen LogP contribution in [0, 0.1) is 0 Å². The van der Waals surface area contributed by atoms with Crippen molar-refractivity contribution >= 4 is 0 Å². The maximum atomic E-state index is 5.34. The van der Waals surface area contributed by atoms with Crippen molar-refractivity contribution in [2.45, 2.75) is 25.4 Å². The van der Waals surface area contributed by atoms with Gasteiger partial charge in [0.05, 0.1) is 6.26 Å². The Morgan fingerprint density at radius 3 is 2.93 bits per heavy atom. The lowest BCUT2D eigenvalue weighted by molar-refractivity contribution is 0.132. The second kappa shape index (κ2) is 4.15. The van der Waals surface area contributed by atoms with Gasteiger partial charge in [-0.05, 0) is 26.1 Å². The van der Waals surface area contributed by atoms with Gasteiger partial charge in [0.2, 0.25) is 0 Å². The van der Waals surface area contributed by atoms with Gasteiger partial charge in [-0.15, -0.1) is 0 Å². The smallest absolute Gasteiger partial charge is 0.105 e. The van der Waals surface area contributed by atoms with Gasteiger partial charge in [-0.3, -0.25) is 4.90 Å². The number of hydrogen-bond acceptors (Lipinski definition) is 3. The first-order valence-electron chi connectivity index (χ1n) is 5.22. The quantitative estimate of drug-likeness (QED) is 0.778.